The average molecular weight is 535 g/mol. The summed E-state index contributed by atoms with van der Waals surface area (Å²) < 4.78 is 11.7. The summed E-state index contributed by atoms with van der Waals surface area (Å²) in [6.07, 6.45) is 3.99. The predicted molar refractivity (Wildman–Crippen MR) is 147 cm³/mol. The Morgan fingerprint density at radius 1 is 1.08 bits per heavy atom. The second-order valence-electron chi connectivity index (χ2n) is 10.6. The molecule has 1 aromatic heterocycles. The van der Waals surface area contributed by atoms with E-state index < -0.39 is 0 Å². The number of rotatable bonds is 6. The highest BCUT2D eigenvalue weighted by atomic mass is 35.5. The molecule has 2 fully saturated rings. The fraction of sp³-hybridized carbons (Fsp3) is 0.393. The number of nitrogens with one attached hydrogen (secondary N) is 1. The van der Waals surface area contributed by atoms with Crippen molar-refractivity contribution in [1.82, 2.24) is 19.8 Å². The number of anilines is 3. The zero-order valence-corrected chi connectivity index (χ0v) is 22.6. The van der Waals surface area contributed by atoms with Crippen molar-refractivity contribution in [3.8, 4) is 17.4 Å². The Labute approximate surface area is 227 Å². The van der Waals surface area contributed by atoms with Crippen LogP contribution in [0.5, 0.6) is 17.4 Å². The Bertz CT molecular complexity index is 1380. The van der Waals surface area contributed by atoms with Gasteiger partial charge in [-0.3, -0.25) is 4.79 Å². The summed E-state index contributed by atoms with van der Waals surface area (Å²) in [5.41, 5.74) is 3.77. The van der Waals surface area contributed by atoms with Gasteiger partial charge in [0.05, 0.1) is 24.6 Å². The lowest BCUT2D eigenvalue weighted by molar-refractivity contribution is 0.0814. The van der Waals surface area contributed by atoms with Gasteiger partial charge < -0.3 is 29.5 Å². The van der Waals surface area contributed by atoms with Crippen molar-refractivity contribution in [3.63, 3.8) is 0 Å². The van der Waals surface area contributed by atoms with Gasteiger partial charge in [-0.2, -0.15) is 4.98 Å². The summed E-state index contributed by atoms with van der Waals surface area (Å²) in [5, 5.41) is 3.47. The molecule has 6 rings (SSSR count). The number of halogens is 1. The minimum Gasteiger partial charge on any atom is -0.494 e. The van der Waals surface area contributed by atoms with Crippen molar-refractivity contribution in [2.45, 2.75) is 19.4 Å². The van der Waals surface area contributed by atoms with E-state index in [1.54, 1.807) is 25.1 Å². The third-order valence-electron chi connectivity index (χ3n) is 7.90. The van der Waals surface area contributed by atoms with E-state index in [-0.39, 0.29) is 16.8 Å². The number of benzene rings is 2. The SMILES string of the molecule is COc1cc(N2CC3(CCN(C)CC3)C2)ccc1Nc1ncc(Cl)c(Oc2cccc3c2C(=O)N(C)C3)n1. The molecule has 4 heterocycles. The maximum absolute atomic E-state index is 12.6. The van der Waals surface area contributed by atoms with Gasteiger partial charge in [0.2, 0.25) is 11.8 Å². The number of carbonyl (C=O) groups is 1. The Morgan fingerprint density at radius 3 is 2.63 bits per heavy atom. The van der Waals surface area contributed by atoms with Gasteiger partial charge in [0.15, 0.2) is 0 Å². The van der Waals surface area contributed by atoms with E-state index in [2.05, 4.69) is 38.2 Å². The zero-order valence-electron chi connectivity index (χ0n) is 21.8. The Hall–Kier alpha value is -3.56. The number of fused-ring (bicyclic) bond motifs is 1. The highest BCUT2D eigenvalue weighted by Crippen LogP contribution is 2.44. The highest BCUT2D eigenvalue weighted by molar-refractivity contribution is 6.31. The largest absolute Gasteiger partial charge is 0.494 e. The van der Waals surface area contributed by atoms with Gasteiger partial charge >= 0.3 is 0 Å². The van der Waals surface area contributed by atoms with E-state index >= 15 is 0 Å². The van der Waals surface area contributed by atoms with Crippen LogP contribution < -0.4 is 19.7 Å². The van der Waals surface area contributed by atoms with Gasteiger partial charge in [0.1, 0.15) is 16.5 Å². The first-order chi connectivity index (χ1) is 18.3. The molecular weight excluding hydrogens is 504 g/mol. The normalized spacial score (nSPS) is 18.4. The molecular formula is C28H31ClN6O3. The molecule has 0 bridgehead atoms. The van der Waals surface area contributed by atoms with Crippen LogP contribution in [-0.4, -0.2) is 73.1 Å². The zero-order chi connectivity index (χ0) is 26.4. The fourth-order valence-electron chi connectivity index (χ4n) is 5.60. The number of likely N-dealkylation sites (tertiary alicyclic amines) is 1. The van der Waals surface area contributed by atoms with Crippen molar-refractivity contribution in [3.05, 3.63) is 58.7 Å². The summed E-state index contributed by atoms with van der Waals surface area (Å²) in [4.78, 5) is 27.9. The maximum Gasteiger partial charge on any atom is 0.258 e. The van der Waals surface area contributed by atoms with Crippen LogP contribution in [0.1, 0.15) is 28.8 Å². The summed E-state index contributed by atoms with van der Waals surface area (Å²) in [6, 6.07) is 11.6. The molecule has 2 saturated heterocycles. The number of methoxy groups -OCH3 is 1. The van der Waals surface area contributed by atoms with Crippen LogP contribution in [0.3, 0.4) is 0 Å². The predicted octanol–water partition coefficient (Wildman–Crippen LogP) is 4.79. The monoisotopic (exact) mass is 534 g/mol. The fourth-order valence-corrected chi connectivity index (χ4v) is 5.73. The molecule has 0 atom stereocenters. The number of hydrogen-bond acceptors (Lipinski definition) is 8. The molecule has 198 valence electrons. The van der Waals surface area contributed by atoms with Crippen molar-refractivity contribution < 1.29 is 14.3 Å². The van der Waals surface area contributed by atoms with Gasteiger partial charge in [-0.15, -0.1) is 0 Å². The van der Waals surface area contributed by atoms with Crippen molar-refractivity contribution >= 4 is 34.8 Å². The van der Waals surface area contributed by atoms with Gasteiger partial charge in [-0.1, -0.05) is 23.7 Å². The highest BCUT2D eigenvalue weighted by Gasteiger charge is 2.44. The maximum atomic E-state index is 12.6. The van der Waals surface area contributed by atoms with Crippen LogP contribution in [0.4, 0.5) is 17.3 Å². The van der Waals surface area contributed by atoms with Gasteiger partial charge in [0, 0.05) is 43.9 Å². The van der Waals surface area contributed by atoms with Crippen LogP contribution in [-0.2, 0) is 6.54 Å². The molecule has 1 N–H and O–H groups in total. The summed E-state index contributed by atoms with van der Waals surface area (Å²) in [7, 11) is 5.62. The second kappa shape index (κ2) is 9.63. The van der Waals surface area contributed by atoms with E-state index in [1.807, 2.05) is 24.3 Å². The topological polar surface area (TPSA) is 83.1 Å². The van der Waals surface area contributed by atoms with E-state index in [1.165, 1.54) is 32.1 Å². The Kier molecular flexibility index (Phi) is 6.28. The smallest absolute Gasteiger partial charge is 0.258 e. The van der Waals surface area contributed by atoms with Gasteiger partial charge in [0.25, 0.3) is 5.91 Å². The second-order valence-corrected chi connectivity index (χ2v) is 11.0. The minimum absolute atomic E-state index is 0.0899. The van der Waals surface area contributed by atoms with Crippen LogP contribution in [0.2, 0.25) is 5.02 Å². The molecule has 1 amide bonds. The lowest BCUT2D eigenvalue weighted by atomic mass is 9.72. The van der Waals surface area contributed by atoms with Crippen LogP contribution in [0, 0.1) is 5.41 Å². The van der Waals surface area contributed by atoms with E-state index in [4.69, 9.17) is 21.1 Å². The number of piperidine rings is 1. The summed E-state index contributed by atoms with van der Waals surface area (Å²) in [5.74, 6) is 1.50. The first kappa shape index (κ1) is 24.8. The van der Waals surface area contributed by atoms with Crippen LogP contribution >= 0.6 is 11.6 Å². The first-order valence-corrected chi connectivity index (χ1v) is 13.2. The summed E-state index contributed by atoms with van der Waals surface area (Å²) >= 11 is 6.37. The Balaban J connectivity index is 1.18. The van der Waals surface area contributed by atoms with E-state index in [0.717, 1.165) is 30.0 Å². The molecule has 0 radical (unpaired) electrons. The van der Waals surface area contributed by atoms with Crippen molar-refractivity contribution in [2.24, 2.45) is 5.41 Å². The molecule has 3 aliphatic rings. The molecule has 0 unspecified atom stereocenters. The number of amides is 1. The molecule has 10 heteroatoms. The van der Waals surface area contributed by atoms with Crippen LogP contribution in [0.15, 0.2) is 42.6 Å². The molecule has 0 aliphatic carbocycles. The first-order valence-electron chi connectivity index (χ1n) is 12.8. The van der Waals surface area contributed by atoms with Crippen molar-refractivity contribution in [2.75, 3.05) is 57.6 Å². The summed E-state index contributed by atoms with van der Waals surface area (Å²) in [6.45, 7) is 5.06. The minimum atomic E-state index is -0.0899. The number of ether oxygens (including phenoxy) is 2. The molecule has 3 aromatic rings. The number of carbonyl (C=O) groups excluding carboxylic acids is 1. The van der Waals surface area contributed by atoms with Gasteiger partial charge in [-0.25, -0.2) is 4.98 Å². The molecule has 2 aromatic carbocycles. The lowest BCUT2D eigenvalue weighted by Crippen LogP contribution is -2.60. The third kappa shape index (κ3) is 4.50. The lowest BCUT2D eigenvalue weighted by Gasteiger charge is -2.54. The molecule has 3 aliphatic heterocycles. The van der Waals surface area contributed by atoms with Crippen LogP contribution in [0.25, 0.3) is 0 Å². The third-order valence-corrected chi connectivity index (χ3v) is 8.16. The molecule has 1 spiro atoms. The quantitative estimate of drug-likeness (QED) is 0.483. The average Bonchev–Trinajstić information content (AvgIpc) is 3.19. The standard InChI is InChI=1S/C28H31ClN6O3/c1-33-11-9-28(10-12-33)16-35(17-28)19-7-8-21(23(13-19)37-3)31-27-30-14-20(29)25(32-27)38-22-6-4-5-18-15-34(2)26(36)24(18)22/h4-8,13-14H,9-12,15-17H2,1-3H3,(H,30,31,32). The molecule has 38 heavy (non-hydrogen) atoms. The number of hydrogen-bond donors (Lipinski definition) is 1. The van der Waals surface area contributed by atoms with E-state index in [9.17, 15) is 4.79 Å². The number of nitrogens with zero attached hydrogens (tertiary/aromatic N) is 5. The van der Waals surface area contributed by atoms with E-state index in [0.29, 0.717) is 35.0 Å². The van der Waals surface area contributed by atoms with Gasteiger partial charge in [-0.05, 0) is 56.7 Å². The molecule has 0 saturated carbocycles. The molecule has 9 nitrogen and oxygen atoms in total. The number of aromatic nitrogens is 2. The Morgan fingerprint density at radius 2 is 1.87 bits per heavy atom. The van der Waals surface area contributed by atoms with Crippen molar-refractivity contribution in [1.29, 1.82) is 0 Å².